The van der Waals surface area contributed by atoms with E-state index in [4.69, 9.17) is 25.4 Å². The summed E-state index contributed by atoms with van der Waals surface area (Å²) in [7, 11) is 1.13. The number of hydrogen-bond acceptors (Lipinski definition) is 11. The number of methoxy groups -OCH3 is 1. The number of likely N-dealkylation sites (tertiary alicyclic amines) is 1. The van der Waals surface area contributed by atoms with Gasteiger partial charge in [0, 0.05) is 44.8 Å². The van der Waals surface area contributed by atoms with Crippen LogP contribution in [0, 0.1) is 0 Å². The summed E-state index contributed by atoms with van der Waals surface area (Å²) in [6, 6.07) is 0. The van der Waals surface area contributed by atoms with Crippen molar-refractivity contribution in [3.8, 4) is 0 Å². The number of nitrogens with two attached hydrogens (primary N) is 1. The minimum atomic E-state index is -0.891. The number of carbonyl (C=O) groups is 5. The highest BCUT2D eigenvalue weighted by molar-refractivity contribution is 6.13. The molecule has 0 radical (unpaired) electrons. The van der Waals surface area contributed by atoms with Crippen molar-refractivity contribution in [1.82, 2.24) is 9.80 Å². The van der Waals surface area contributed by atoms with Gasteiger partial charge in [-0.3, -0.25) is 24.1 Å². The lowest BCUT2D eigenvalue weighted by Gasteiger charge is -2.12. The van der Waals surface area contributed by atoms with Crippen LogP contribution < -0.4 is 5.73 Å². The molecule has 2 aliphatic rings. The average Bonchev–Trinajstić information content (AvgIpc) is 3.32. The fourth-order valence-corrected chi connectivity index (χ4v) is 2.37. The second kappa shape index (κ2) is 18.8. The first-order chi connectivity index (χ1) is 15.8. The molecule has 1 saturated heterocycles. The Labute approximate surface area is 192 Å². The molecule has 2 rings (SSSR count). The molecule has 2 aliphatic heterocycles. The molecular weight excluding hydrogens is 442 g/mol. The highest BCUT2D eigenvalue weighted by Gasteiger charge is 2.35. The number of ether oxygens (including phenoxy) is 3. The third-order valence-corrected chi connectivity index (χ3v) is 3.94. The van der Waals surface area contributed by atoms with Crippen molar-refractivity contribution in [1.29, 1.82) is 0 Å². The second-order valence-corrected chi connectivity index (χ2v) is 6.42. The first-order valence-electron chi connectivity index (χ1n) is 10.4. The van der Waals surface area contributed by atoms with E-state index in [0.717, 1.165) is 13.5 Å². The third-order valence-electron chi connectivity index (χ3n) is 3.94. The summed E-state index contributed by atoms with van der Waals surface area (Å²) in [5.41, 5.74) is 5.17. The molecule has 5 amide bonds. The molecule has 0 aromatic rings. The maximum absolute atomic E-state index is 11.0. The number of carbonyl (C=O) groups excluding carboxylic acids is 5. The van der Waals surface area contributed by atoms with Gasteiger partial charge in [-0.2, -0.15) is 4.90 Å². The van der Waals surface area contributed by atoms with E-state index in [9.17, 15) is 24.0 Å². The summed E-state index contributed by atoms with van der Waals surface area (Å²) < 4.78 is 14.1. The SMILES string of the molecule is COC(=O)N1C(=O)CCC1=O.NCCCOCCO.O=C1C=CC(=O)N1CCCOCCO. The molecule has 0 spiro atoms. The molecule has 0 aromatic heterocycles. The van der Waals surface area contributed by atoms with Crippen LogP contribution in [0.15, 0.2) is 12.2 Å². The molecule has 2 heterocycles. The molecule has 4 N–H and O–H groups in total. The van der Waals surface area contributed by atoms with E-state index in [1.807, 2.05) is 0 Å². The molecule has 0 unspecified atom stereocenters. The van der Waals surface area contributed by atoms with Crippen LogP contribution in [0.5, 0.6) is 0 Å². The van der Waals surface area contributed by atoms with Crippen LogP contribution in [0.1, 0.15) is 25.7 Å². The zero-order valence-corrected chi connectivity index (χ0v) is 18.8. The maximum Gasteiger partial charge on any atom is 0.423 e. The van der Waals surface area contributed by atoms with Crippen LogP contribution in [0.2, 0.25) is 0 Å². The summed E-state index contributed by atoms with van der Waals surface area (Å²) in [6.07, 6.45) is 3.31. The average molecular weight is 475 g/mol. The van der Waals surface area contributed by atoms with Crippen molar-refractivity contribution in [3.05, 3.63) is 12.2 Å². The first-order valence-corrected chi connectivity index (χ1v) is 10.4. The van der Waals surface area contributed by atoms with Crippen LogP contribution in [-0.2, 0) is 33.4 Å². The van der Waals surface area contributed by atoms with E-state index >= 15 is 0 Å². The Hall–Kier alpha value is -2.71. The Morgan fingerprint density at radius 1 is 0.909 bits per heavy atom. The van der Waals surface area contributed by atoms with Gasteiger partial charge in [-0.15, -0.1) is 0 Å². The van der Waals surface area contributed by atoms with Crippen LogP contribution in [-0.4, -0.2) is 110 Å². The lowest BCUT2D eigenvalue weighted by molar-refractivity contribution is -0.138. The Kier molecular flexibility index (Phi) is 17.3. The lowest BCUT2D eigenvalue weighted by Crippen LogP contribution is -2.35. The summed E-state index contributed by atoms with van der Waals surface area (Å²) in [5, 5.41) is 16.6. The lowest BCUT2D eigenvalue weighted by atomic mass is 10.4. The summed E-state index contributed by atoms with van der Waals surface area (Å²) in [5.74, 6) is -1.50. The van der Waals surface area contributed by atoms with Crippen molar-refractivity contribution in [2.75, 3.05) is 59.8 Å². The zero-order valence-electron chi connectivity index (χ0n) is 18.8. The Morgan fingerprint density at radius 3 is 1.82 bits per heavy atom. The molecule has 1 fully saturated rings. The van der Waals surface area contributed by atoms with Crippen molar-refractivity contribution < 1.29 is 48.4 Å². The first kappa shape index (κ1) is 30.3. The number of nitrogens with zero attached hydrogens (tertiary/aromatic N) is 2. The fourth-order valence-electron chi connectivity index (χ4n) is 2.37. The molecule has 0 aliphatic carbocycles. The molecule has 188 valence electrons. The molecular formula is C20H33N3O10. The van der Waals surface area contributed by atoms with Gasteiger partial charge in [0.05, 0.1) is 33.5 Å². The monoisotopic (exact) mass is 475 g/mol. The molecule has 0 atom stereocenters. The van der Waals surface area contributed by atoms with Gasteiger partial charge >= 0.3 is 6.09 Å². The summed E-state index contributed by atoms with van der Waals surface area (Å²) in [6.45, 7) is 2.95. The van der Waals surface area contributed by atoms with E-state index in [1.54, 1.807) is 0 Å². The van der Waals surface area contributed by atoms with Gasteiger partial charge in [0.1, 0.15) is 0 Å². The van der Waals surface area contributed by atoms with E-state index in [-0.39, 0.29) is 37.9 Å². The second-order valence-electron chi connectivity index (χ2n) is 6.42. The zero-order chi connectivity index (χ0) is 25.1. The van der Waals surface area contributed by atoms with E-state index in [1.165, 1.54) is 17.1 Å². The van der Waals surface area contributed by atoms with E-state index < -0.39 is 17.9 Å². The van der Waals surface area contributed by atoms with Crippen LogP contribution in [0.3, 0.4) is 0 Å². The van der Waals surface area contributed by atoms with Gasteiger partial charge in [0.15, 0.2) is 0 Å². The largest absolute Gasteiger partial charge is 0.452 e. The molecule has 0 saturated carbocycles. The number of aliphatic hydroxyl groups is 2. The predicted molar refractivity (Wildman–Crippen MR) is 113 cm³/mol. The highest BCUT2D eigenvalue weighted by atomic mass is 16.5. The molecule has 13 heteroatoms. The third kappa shape index (κ3) is 12.8. The van der Waals surface area contributed by atoms with E-state index in [0.29, 0.717) is 50.8 Å². The molecule has 13 nitrogen and oxygen atoms in total. The Morgan fingerprint density at radius 2 is 1.39 bits per heavy atom. The summed E-state index contributed by atoms with van der Waals surface area (Å²) in [4.78, 5) is 56.1. The highest BCUT2D eigenvalue weighted by Crippen LogP contribution is 2.12. The smallest absolute Gasteiger partial charge is 0.423 e. The number of hydrogen-bond donors (Lipinski definition) is 3. The minimum Gasteiger partial charge on any atom is -0.452 e. The fraction of sp³-hybridized carbons (Fsp3) is 0.650. The van der Waals surface area contributed by atoms with Gasteiger partial charge in [0.25, 0.3) is 11.8 Å². The maximum atomic E-state index is 11.0. The molecule has 0 bridgehead atoms. The number of aliphatic hydroxyl groups excluding tert-OH is 2. The normalized spacial score (nSPS) is 14.8. The van der Waals surface area contributed by atoms with Crippen LogP contribution >= 0.6 is 0 Å². The molecule has 33 heavy (non-hydrogen) atoms. The van der Waals surface area contributed by atoms with Crippen molar-refractivity contribution in [3.63, 3.8) is 0 Å². The van der Waals surface area contributed by atoms with Crippen molar-refractivity contribution in [2.45, 2.75) is 25.7 Å². The predicted octanol–water partition coefficient (Wildman–Crippen LogP) is -1.44. The van der Waals surface area contributed by atoms with Crippen molar-refractivity contribution in [2.24, 2.45) is 5.73 Å². The number of rotatable bonds is 11. The van der Waals surface area contributed by atoms with Gasteiger partial charge < -0.3 is 30.2 Å². The van der Waals surface area contributed by atoms with Gasteiger partial charge in [-0.25, -0.2) is 4.79 Å². The van der Waals surface area contributed by atoms with Gasteiger partial charge in [-0.1, -0.05) is 0 Å². The van der Waals surface area contributed by atoms with Crippen molar-refractivity contribution >= 4 is 29.7 Å². The topological polar surface area (TPSA) is 186 Å². The minimum absolute atomic E-state index is 0.0108. The number of amides is 5. The summed E-state index contributed by atoms with van der Waals surface area (Å²) >= 11 is 0. The Balaban J connectivity index is 0.000000485. The molecule has 0 aromatic carbocycles. The van der Waals surface area contributed by atoms with Gasteiger partial charge in [-0.05, 0) is 19.4 Å². The van der Waals surface area contributed by atoms with Crippen LogP contribution in [0.25, 0.3) is 0 Å². The quantitative estimate of drug-likeness (QED) is 0.234. The Bertz CT molecular complexity index is 628. The van der Waals surface area contributed by atoms with Crippen LogP contribution in [0.4, 0.5) is 4.79 Å². The van der Waals surface area contributed by atoms with Gasteiger partial charge in [0.2, 0.25) is 11.8 Å². The van der Waals surface area contributed by atoms with E-state index in [2.05, 4.69) is 4.74 Å². The standard InChI is InChI=1S/C9H13NO4.C6H7NO4.C5H13NO2/c11-5-7-14-6-1-4-10-8(12)2-3-9(10)13;1-11-6(10)7-4(8)2-3-5(7)9;6-2-1-4-8-5-3-7/h2-3,11H,1,4-7H2;2-3H2,1H3;7H,1-6H2. The number of imide groups is 4.